The van der Waals surface area contributed by atoms with Gasteiger partial charge >= 0.3 is 0 Å². The van der Waals surface area contributed by atoms with Crippen LogP contribution in [0.25, 0.3) is 4.85 Å². The molecule has 0 radical (unpaired) electrons. The maximum Gasteiger partial charge on any atom is 0.187 e. The number of hydrogen-bond acceptors (Lipinski definition) is 3. The van der Waals surface area contributed by atoms with Crippen molar-refractivity contribution in [1.29, 1.82) is 0 Å². The molecule has 5 heteroatoms. The fourth-order valence-corrected chi connectivity index (χ4v) is 3.40. The Morgan fingerprint density at radius 3 is 2.56 bits per heavy atom. The quantitative estimate of drug-likeness (QED) is 0.571. The number of fused-ring (bicyclic) bond motifs is 1. The molecular formula is C20H20FNO3. The van der Waals surface area contributed by atoms with E-state index >= 15 is 0 Å². The van der Waals surface area contributed by atoms with Crippen molar-refractivity contribution < 1.29 is 18.6 Å². The van der Waals surface area contributed by atoms with E-state index in [-0.39, 0.29) is 12.1 Å². The van der Waals surface area contributed by atoms with E-state index in [1.54, 1.807) is 32.4 Å². The van der Waals surface area contributed by atoms with Gasteiger partial charge in [-0.25, -0.2) is 9.24 Å². The summed E-state index contributed by atoms with van der Waals surface area (Å²) in [6.07, 6.45) is 0.900. The average molecular weight is 341 g/mol. The zero-order chi connectivity index (χ0) is 17.9. The Balaban J connectivity index is 2.03. The second kappa shape index (κ2) is 7.32. The van der Waals surface area contributed by atoms with Gasteiger partial charge in [0.2, 0.25) is 0 Å². The van der Waals surface area contributed by atoms with Crippen LogP contribution in [0.4, 0.5) is 10.1 Å². The molecule has 0 spiro atoms. The van der Waals surface area contributed by atoms with Gasteiger partial charge in [-0.3, -0.25) is 0 Å². The third-order valence-corrected chi connectivity index (χ3v) is 4.70. The molecule has 130 valence electrons. The average Bonchev–Trinajstić information content (AvgIpc) is 3.02. The third kappa shape index (κ3) is 3.29. The number of nitrogens with zero attached hydrogens (tertiary/aromatic N) is 1. The summed E-state index contributed by atoms with van der Waals surface area (Å²) < 4.78 is 30.3. The van der Waals surface area contributed by atoms with Crippen LogP contribution in [0.1, 0.15) is 29.5 Å². The van der Waals surface area contributed by atoms with Crippen LogP contribution in [0.15, 0.2) is 42.5 Å². The van der Waals surface area contributed by atoms with Gasteiger partial charge in [-0.1, -0.05) is 30.3 Å². The molecule has 0 saturated carbocycles. The Kier molecular flexibility index (Phi) is 5.14. The molecule has 2 aromatic carbocycles. The number of ether oxygens (including phenoxy) is 3. The Morgan fingerprint density at radius 2 is 1.92 bits per heavy atom. The number of rotatable bonds is 6. The summed E-state index contributed by atoms with van der Waals surface area (Å²) in [5.74, 6) is -0.285. The minimum Gasteiger partial charge on any atom is -0.361 e. The van der Waals surface area contributed by atoms with Gasteiger partial charge in [0.15, 0.2) is 12.0 Å². The first-order valence-corrected chi connectivity index (χ1v) is 8.09. The lowest BCUT2D eigenvalue weighted by molar-refractivity contribution is -0.119. The van der Waals surface area contributed by atoms with Crippen molar-refractivity contribution in [2.45, 2.75) is 31.3 Å². The van der Waals surface area contributed by atoms with Crippen molar-refractivity contribution in [2.75, 3.05) is 14.2 Å². The van der Waals surface area contributed by atoms with E-state index in [1.165, 1.54) is 12.1 Å². The van der Waals surface area contributed by atoms with Crippen molar-refractivity contribution >= 4 is 5.69 Å². The van der Waals surface area contributed by atoms with Gasteiger partial charge in [0.1, 0.15) is 11.4 Å². The minimum atomic E-state index is -0.696. The van der Waals surface area contributed by atoms with E-state index < -0.39 is 5.60 Å². The molecule has 1 aliphatic rings. The number of methoxy groups -OCH3 is 2. The van der Waals surface area contributed by atoms with Crippen LogP contribution in [-0.2, 0) is 26.4 Å². The Labute approximate surface area is 147 Å². The molecule has 0 saturated heterocycles. The predicted molar refractivity (Wildman–Crippen MR) is 91.7 cm³/mol. The maximum absolute atomic E-state index is 13.4. The number of benzene rings is 2. The molecule has 1 aliphatic heterocycles. The van der Waals surface area contributed by atoms with Crippen molar-refractivity contribution in [3.63, 3.8) is 0 Å². The van der Waals surface area contributed by atoms with E-state index in [1.807, 2.05) is 12.1 Å². The molecular weight excluding hydrogens is 321 g/mol. The first-order valence-electron chi connectivity index (χ1n) is 8.09. The van der Waals surface area contributed by atoms with Crippen LogP contribution in [0, 0.1) is 12.4 Å². The highest BCUT2D eigenvalue weighted by atomic mass is 19.1. The van der Waals surface area contributed by atoms with Crippen LogP contribution < -0.4 is 0 Å². The largest absolute Gasteiger partial charge is 0.361 e. The van der Waals surface area contributed by atoms with Crippen LogP contribution in [-0.4, -0.2) is 20.5 Å². The normalized spacial score (nSPS) is 19.0. The van der Waals surface area contributed by atoms with Gasteiger partial charge in [-0.05, 0) is 35.2 Å². The molecule has 4 nitrogen and oxygen atoms in total. The van der Waals surface area contributed by atoms with Crippen LogP contribution in [0.2, 0.25) is 0 Å². The molecule has 25 heavy (non-hydrogen) atoms. The van der Waals surface area contributed by atoms with Gasteiger partial charge < -0.3 is 14.2 Å². The van der Waals surface area contributed by atoms with Crippen LogP contribution in [0.3, 0.4) is 0 Å². The molecule has 3 rings (SSSR count). The molecule has 0 N–H and O–H groups in total. The topological polar surface area (TPSA) is 32.0 Å². The highest BCUT2D eigenvalue weighted by Crippen LogP contribution is 2.46. The summed E-state index contributed by atoms with van der Waals surface area (Å²) in [6.45, 7) is 7.61. The predicted octanol–water partition coefficient (Wildman–Crippen LogP) is 4.55. The van der Waals surface area contributed by atoms with E-state index in [2.05, 4.69) is 4.85 Å². The fraction of sp³-hybridized carbons (Fsp3) is 0.350. The SMILES string of the molecule is [C-]#[N+]c1ccc2c(c1)COC2(CCC(OC)OC)c1ccc(F)cc1. The number of halogens is 1. The van der Waals surface area contributed by atoms with Gasteiger partial charge in [-0.15, -0.1) is 0 Å². The van der Waals surface area contributed by atoms with E-state index in [0.29, 0.717) is 25.1 Å². The Hall–Kier alpha value is -2.26. The van der Waals surface area contributed by atoms with Gasteiger partial charge in [0, 0.05) is 20.6 Å². The summed E-state index contributed by atoms with van der Waals surface area (Å²) in [5.41, 5.74) is 2.78. The highest BCUT2D eigenvalue weighted by Gasteiger charge is 2.42. The molecule has 1 unspecified atom stereocenters. The van der Waals surface area contributed by atoms with Crippen molar-refractivity contribution in [1.82, 2.24) is 0 Å². The number of hydrogen-bond donors (Lipinski definition) is 0. The second-order valence-electron chi connectivity index (χ2n) is 6.02. The van der Waals surface area contributed by atoms with Crippen LogP contribution in [0.5, 0.6) is 0 Å². The molecule has 0 aromatic heterocycles. The molecule has 1 heterocycles. The van der Waals surface area contributed by atoms with Gasteiger partial charge in [0.25, 0.3) is 0 Å². The molecule has 1 atom stereocenters. The smallest absolute Gasteiger partial charge is 0.187 e. The van der Waals surface area contributed by atoms with Crippen molar-refractivity contribution in [3.8, 4) is 0 Å². The van der Waals surface area contributed by atoms with Crippen molar-refractivity contribution in [3.05, 3.63) is 76.4 Å². The first-order chi connectivity index (χ1) is 12.1. The second-order valence-corrected chi connectivity index (χ2v) is 6.02. The monoisotopic (exact) mass is 341 g/mol. The van der Waals surface area contributed by atoms with Gasteiger partial charge in [0.05, 0.1) is 13.2 Å². The first kappa shape index (κ1) is 17.6. The highest BCUT2D eigenvalue weighted by molar-refractivity contribution is 5.54. The molecule has 0 aliphatic carbocycles. The Morgan fingerprint density at radius 1 is 1.20 bits per heavy atom. The maximum atomic E-state index is 13.4. The summed E-state index contributed by atoms with van der Waals surface area (Å²) in [7, 11) is 3.20. The lowest BCUT2D eigenvalue weighted by atomic mass is 9.82. The summed E-state index contributed by atoms with van der Waals surface area (Å²) in [4.78, 5) is 3.49. The summed E-state index contributed by atoms with van der Waals surface area (Å²) in [5, 5.41) is 0. The van der Waals surface area contributed by atoms with Crippen molar-refractivity contribution in [2.24, 2.45) is 0 Å². The molecule has 0 bridgehead atoms. The molecule has 0 amide bonds. The van der Waals surface area contributed by atoms with E-state index in [0.717, 1.165) is 16.7 Å². The van der Waals surface area contributed by atoms with E-state index in [9.17, 15) is 4.39 Å². The summed E-state index contributed by atoms with van der Waals surface area (Å²) in [6, 6.07) is 12.0. The third-order valence-electron chi connectivity index (χ3n) is 4.70. The van der Waals surface area contributed by atoms with Crippen LogP contribution >= 0.6 is 0 Å². The fourth-order valence-electron chi connectivity index (χ4n) is 3.40. The lowest BCUT2D eigenvalue weighted by Gasteiger charge is -2.31. The zero-order valence-electron chi connectivity index (χ0n) is 14.3. The standard InChI is InChI=1S/C20H20FNO3/c1-22-17-8-9-18-14(12-17)13-25-20(18,11-10-19(23-2)24-3)15-4-6-16(21)7-5-15/h4-9,12,19H,10-11,13H2,2-3H3. The lowest BCUT2D eigenvalue weighted by Crippen LogP contribution is -2.29. The van der Waals surface area contributed by atoms with E-state index in [4.69, 9.17) is 20.8 Å². The minimum absolute atomic E-state index is 0.285. The zero-order valence-corrected chi connectivity index (χ0v) is 14.3. The van der Waals surface area contributed by atoms with Gasteiger partial charge in [-0.2, -0.15) is 0 Å². The Bertz CT molecular complexity index is 781. The molecule has 0 fully saturated rings. The molecule has 2 aromatic rings. The summed E-state index contributed by atoms with van der Waals surface area (Å²) >= 11 is 0.